The van der Waals surface area contributed by atoms with Crippen LogP contribution in [-0.2, 0) is 17.6 Å². The lowest BCUT2D eigenvalue weighted by Crippen LogP contribution is -2.20. The molecule has 0 unspecified atom stereocenters. The Labute approximate surface area is 188 Å². The highest BCUT2D eigenvalue weighted by Gasteiger charge is 2.25. The molecule has 0 spiro atoms. The average molecular weight is 447 g/mol. The van der Waals surface area contributed by atoms with Gasteiger partial charge in [-0.3, -0.25) is 9.59 Å². The van der Waals surface area contributed by atoms with Crippen molar-refractivity contribution in [2.45, 2.75) is 25.7 Å². The molecule has 0 saturated carbocycles. The number of para-hydroxylation sites is 2. The number of anilines is 1. The quantitative estimate of drug-likeness (QED) is 0.410. The summed E-state index contributed by atoms with van der Waals surface area (Å²) in [5.74, 6) is 0.375. The van der Waals surface area contributed by atoms with Gasteiger partial charge in [0.25, 0.3) is 5.91 Å². The molecule has 5 rings (SSSR count). The number of hydrogen-bond donors (Lipinski definition) is 3. The number of aryl methyl sites for hydroxylation is 1. The van der Waals surface area contributed by atoms with Gasteiger partial charge in [0.1, 0.15) is 16.6 Å². The van der Waals surface area contributed by atoms with Crippen LogP contribution in [0.25, 0.3) is 22.4 Å². The number of thiophene rings is 1. The number of H-pyrrole nitrogens is 1. The largest absolute Gasteiger partial charge is 0.484 e. The van der Waals surface area contributed by atoms with Crippen molar-refractivity contribution in [2.75, 3.05) is 11.9 Å². The van der Waals surface area contributed by atoms with E-state index in [1.54, 1.807) is 29.5 Å². The number of carbonyl (C=O) groups is 2. The van der Waals surface area contributed by atoms with Crippen molar-refractivity contribution in [1.29, 1.82) is 0 Å². The van der Waals surface area contributed by atoms with Gasteiger partial charge >= 0.3 is 0 Å². The molecule has 2 amide bonds. The van der Waals surface area contributed by atoms with Crippen molar-refractivity contribution in [2.24, 2.45) is 5.73 Å². The summed E-state index contributed by atoms with van der Waals surface area (Å²) in [6, 6.07) is 14.4. The van der Waals surface area contributed by atoms with Crippen LogP contribution in [0.4, 0.5) is 5.00 Å². The molecule has 4 aromatic rings. The van der Waals surface area contributed by atoms with Crippen molar-refractivity contribution >= 4 is 39.2 Å². The molecule has 0 bridgehead atoms. The first-order valence-corrected chi connectivity index (χ1v) is 11.3. The lowest BCUT2D eigenvalue weighted by Gasteiger charge is -2.12. The molecule has 2 aromatic heterocycles. The smallest absolute Gasteiger partial charge is 0.262 e. The van der Waals surface area contributed by atoms with Gasteiger partial charge in [-0.15, -0.1) is 11.3 Å². The molecule has 1 aliphatic rings. The molecular formula is C24H22N4O3S. The maximum atomic E-state index is 12.7. The number of aromatic amines is 1. The summed E-state index contributed by atoms with van der Waals surface area (Å²) < 4.78 is 5.59. The van der Waals surface area contributed by atoms with Gasteiger partial charge in [0.15, 0.2) is 6.61 Å². The first-order chi connectivity index (χ1) is 15.6. The van der Waals surface area contributed by atoms with Crippen LogP contribution in [0.2, 0.25) is 0 Å². The van der Waals surface area contributed by atoms with Crippen LogP contribution in [0.5, 0.6) is 5.75 Å². The third kappa shape index (κ3) is 3.97. The zero-order valence-electron chi connectivity index (χ0n) is 17.3. The Bertz CT molecular complexity index is 1290. The first kappa shape index (κ1) is 20.3. The summed E-state index contributed by atoms with van der Waals surface area (Å²) in [4.78, 5) is 33.6. The molecule has 0 atom stereocenters. The summed E-state index contributed by atoms with van der Waals surface area (Å²) >= 11 is 1.61. The number of hydrogen-bond acceptors (Lipinski definition) is 5. The van der Waals surface area contributed by atoms with E-state index < -0.39 is 5.91 Å². The fourth-order valence-electron chi connectivity index (χ4n) is 4.03. The first-order valence-electron chi connectivity index (χ1n) is 10.5. The van der Waals surface area contributed by atoms with E-state index in [0.29, 0.717) is 11.3 Å². The van der Waals surface area contributed by atoms with Crippen LogP contribution in [0.15, 0.2) is 48.5 Å². The van der Waals surface area contributed by atoms with Crippen molar-refractivity contribution < 1.29 is 14.3 Å². The zero-order valence-corrected chi connectivity index (χ0v) is 18.1. The Morgan fingerprint density at radius 1 is 1.12 bits per heavy atom. The molecule has 0 radical (unpaired) electrons. The minimum atomic E-state index is -0.542. The van der Waals surface area contributed by atoms with E-state index >= 15 is 0 Å². The van der Waals surface area contributed by atoms with Crippen LogP contribution in [0.3, 0.4) is 0 Å². The van der Waals surface area contributed by atoms with Crippen LogP contribution in [0.1, 0.15) is 33.6 Å². The number of rotatable bonds is 6. The number of primary amides is 1. The number of fused-ring (bicyclic) bond motifs is 2. The number of imidazole rings is 1. The number of aromatic nitrogens is 2. The summed E-state index contributed by atoms with van der Waals surface area (Å²) in [5, 5.41) is 3.81. The topological polar surface area (TPSA) is 110 Å². The van der Waals surface area contributed by atoms with E-state index in [1.165, 1.54) is 16.5 Å². The highest BCUT2D eigenvalue weighted by molar-refractivity contribution is 7.17. The number of carbonyl (C=O) groups excluding carboxylic acids is 2. The number of benzene rings is 2. The third-order valence-corrected chi connectivity index (χ3v) is 6.75. The van der Waals surface area contributed by atoms with Crippen molar-refractivity contribution in [3.63, 3.8) is 0 Å². The zero-order chi connectivity index (χ0) is 22.1. The monoisotopic (exact) mass is 446 g/mol. The number of nitrogens with two attached hydrogens (primary N) is 1. The molecule has 0 aliphatic heterocycles. The number of ether oxygens (including phenoxy) is 1. The van der Waals surface area contributed by atoms with Gasteiger partial charge in [0, 0.05) is 10.4 Å². The van der Waals surface area contributed by atoms with Gasteiger partial charge in [0.05, 0.1) is 16.6 Å². The second kappa shape index (κ2) is 8.47. The lowest BCUT2D eigenvalue weighted by molar-refractivity contribution is -0.118. The predicted octanol–water partition coefficient (Wildman–Crippen LogP) is 4.29. The molecule has 0 fully saturated rings. The highest BCUT2D eigenvalue weighted by Crippen LogP contribution is 2.43. The molecule has 1 aliphatic carbocycles. The summed E-state index contributed by atoms with van der Waals surface area (Å²) in [7, 11) is 0. The molecule has 8 heteroatoms. The van der Waals surface area contributed by atoms with E-state index in [1.807, 2.05) is 24.3 Å². The van der Waals surface area contributed by atoms with Crippen molar-refractivity contribution in [1.82, 2.24) is 9.97 Å². The average Bonchev–Trinajstić information content (AvgIpc) is 3.38. The SMILES string of the molecule is NC(=O)c1cccc(OCC(=O)Nc2sc3c(c2-c2nc4ccccc4[nH]2)CCCC3)c1. The Morgan fingerprint density at radius 3 is 2.81 bits per heavy atom. The predicted molar refractivity (Wildman–Crippen MR) is 125 cm³/mol. The number of amides is 2. The molecule has 162 valence electrons. The normalized spacial score (nSPS) is 13.0. The summed E-state index contributed by atoms with van der Waals surface area (Å²) in [6.07, 6.45) is 4.27. The van der Waals surface area contributed by atoms with Crippen LogP contribution < -0.4 is 15.8 Å². The minimum absolute atomic E-state index is 0.176. The molecule has 32 heavy (non-hydrogen) atoms. The Kier molecular flexibility index (Phi) is 5.36. The Morgan fingerprint density at radius 2 is 1.97 bits per heavy atom. The van der Waals surface area contributed by atoms with E-state index in [9.17, 15) is 9.59 Å². The number of nitrogens with one attached hydrogen (secondary N) is 2. The van der Waals surface area contributed by atoms with Gasteiger partial charge in [-0.25, -0.2) is 4.98 Å². The lowest BCUT2D eigenvalue weighted by atomic mass is 9.95. The van der Waals surface area contributed by atoms with Gasteiger partial charge in [-0.05, 0) is 61.6 Å². The molecular weight excluding hydrogens is 424 g/mol. The fourth-order valence-corrected chi connectivity index (χ4v) is 5.33. The molecule has 4 N–H and O–H groups in total. The van der Waals surface area contributed by atoms with E-state index in [0.717, 1.165) is 53.1 Å². The molecule has 2 aromatic carbocycles. The minimum Gasteiger partial charge on any atom is -0.484 e. The maximum Gasteiger partial charge on any atom is 0.262 e. The van der Waals surface area contributed by atoms with Gasteiger partial charge in [0.2, 0.25) is 5.91 Å². The van der Waals surface area contributed by atoms with Gasteiger partial charge in [-0.1, -0.05) is 18.2 Å². The maximum absolute atomic E-state index is 12.7. The Balaban J connectivity index is 1.40. The standard InChI is InChI=1S/C24H22N4O3S/c25-22(30)14-6-5-7-15(12-14)31-13-20(29)28-24-21(16-8-1-4-11-19(16)32-24)23-26-17-9-2-3-10-18(17)27-23/h2-3,5-7,9-10,12H,1,4,8,11,13H2,(H2,25,30)(H,26,27)(H,28,29). The Hall–Kier alpha value is -3.65. The van der Waals surface area contributed by atoms with Gasteiger partial charge in [-0.2, -0.15) is 0 Å². The second-order valence-corrected chi connectivity index (χ2v) is 8.85. The second-order valence-electron chi connectivity index (χ2n) is 7.75. The number of nitrogens with zero attached hydrogens (tertiary/aromatic N) is 1. The highest BCUT2D eigenvalue weighted by atomic mass is 32.1. The molecule has 7 nitrogen and oxygen atoms in total. The van der Waals surface area contributed by atoms with E-state index in [-0.39, 0.29) is 12.5 Å². The van der Waals surface area contributed by atoms with E-state index in [4.69, 9.17) is 15.5 Å². The van der Waals surface area contributed by atoms with Crippen LogP contribution in [0, 0.1) is 0 Å². The summed E-state index contributed by atoms with van der Waals surface area (Å²) in [6.45, 7) is -0.176. The fraction of sp³-hybridized carbons (Fsp3) is 0.208. The molecule has 0 saturated heterocycles. The summed E-state index contributed by atoms with van der Waals surface area (Å²) in [5.41, 5.74) is 9.75. The van der Waals surface area contributed by atoms with E-state index in [2.05, 4.69) is 10.3 Å². The molecule has 2 heterocycles. The van der Waals surface area contributed by atoms with Crippen molar-refractivity contribution in [3.05, 3.63) is 64.5 Å². The third-order valence-electron chi connectivity index (χ3n) is 5.54. The van der Waals surface area contributed by atoms with Crippen LogP contribution in [-0.4, -0.2) is 28.4 Å². The van der Waals surface area contributed by atoms with Gasteiger partial charge < -0.3 is 20.8 Å². The van der Waals surface area contributed by atoms with Crippen molar-refractivity contribution in [3.8, 4) is 17.1 Å². The van der Waals surface area contributed by atoms with Crippen LogP contribution >= 0.6 is 11.3 Å².